The molecule has 1 N–H and O–H groups in total. The first-order chi connectivity index (χ1) is 12.0. The van der Waals surface area contributed by atoms with Crippen LogP contribution in [0, 0.1) is 13.8 Å². The zero-order valence-electron chi connectivity index (χ0n) is 15.2. The number of rotatable bonds is 4. The number of thiazole rings is 1. The molecule has 1 fully saturated rings. The molecule has 134 valence electrons. The normalized spacial score (nSPS) is 15.9. The van der Waals surface area contributed by atoms with Gasteiger partial charge in [-0.05, 0) is 43.5 Å². The van der Waals surface area contributed by atoms with Crippen LogP contribution in [-0.4, -0.2) is 46.9 Å². The van der Waals surface area contributed by atoms with Gasteiger partial charge < -0.3 is 10.2 Å². The Kier molecular flexibility index (Phi) is 5.71. The highest BCUT2D eigenvalue weighted by atomic mass is 32.1. The molecule has 0 bridgehead atoms. The molecule has 0 aliphatic carbocycles. The third-order valence-electron chi connectivity index (χ3n) is 4.73. The predicted molar refractivity (Wildman–Crippen MR) is 103 cm³/mol. The Hall–Kier alpha value is -1.92. The molecular weight excluding hydrogens is 332 g/mol. The van der Waals surface area contributed by atoms with Crippen molar-refractivity contribution in [2.45, 2.75) is 33.7 Å². The number of benzene rings is 1. The van der Waals surface area contributed by atoms with E-state index in [0.717, 1.165) is 55.7 Å². The van der Waals surface area contributed by atoms with Crippen molar-refractivity contribution in [2.75, 3.05) is 31.5 Å². The van der Waals surface area contributed by atoms with Gasteiger partial charge in [0.05, 0.1) is 5.69 Å². The monoisotopic (exact) mass is 358 g/mol. The molecule has 0 radical (unpaired) electrons. The Morgan fingerprint density at radius 3 is 2.80 bits per heavy atom. The van der Waals surface area contributed by atoms with Gasteiger partial charge in [-0.15, -0.1) is 11.3 Å². The molecule has 2 heterocycles. The van der Waals surface area contributed by atoms with Crippen LogP contribution in [0.15, 0.2) is 23.6 Å². The van der Waals surface area contributed by atoms with E-state index in [0.29, 0.717) is 0 Å². The van der Waals surface area contributed by atoms with Crippen LogP contribution in [0.4, 0.5) is 10.8 Å². The summed E-state index contributed by atoms with van der Waals surface area (Å²) in [5, 5.41) is 6.45. The van der Waals surface area contributed by atoms with E-state index in [1.54, 1.807) is 18.3 Å². The van der Waals surface area contributed by atoms with Gasteiger partial charge in [-0.2, -0.15) is 0 Å². The first-order valence-corrected chi connectivity index (χ1v) is 9.66. The third kappa shape index (κ3) is 4.80. The van der Waals surface area contributed by atoms with Crippen LogP contribution in [0.2, 0.25) is 0 Å². The molecule has 5 nitrogen and oxygen atoms in total. The zero-order valence-corrected chi connectivity index (χ0v) is 16.0. The van der Waals surface area contributed by atoms with Crippen molar-refractivity contribution in [3.63, 3.8) is 0 Å². The fraction of sp³-hybridized carbons (Fsp3) is 0.474. The minimum absolute atomic E-state index is 0.176. The number of carbonyl (C=O) groups excluding carboxylic acids is 1. The maximum atomic E-state index is 11.5. The maximum absolute atomic E-state index is 11.5. The van der Waals surface area contributed by atoms with E-state index in [2.05, 4.69) is 47.6 Å². The third-order valence-corrected chi connectivity index (χ3v) is 5.54. The molecule has 6 heteroatoms. The minimum atomic E-state index is 0.176. The first kappa shape index (κ1) is 17.9. The molecule has 1 amide bonds. The maximum Gasteiger partial charge on any atom is 0.219 e. The molecule has 3 rings (SSSR count). The summed E-state index contributed by atoms with van der Waals surface area (Å²) in [6, 6.07) is 6.38. The van der Waals surface area contributed by atoms with Gasteiger partial charge in [-0.25, -0.2) is 4.98 Å². The second-order valence-electron chi connectivity index (χ2n) is 6.70. The summed E-state index contributed by atoms with van der Waals surface area (Å²) in [5.41, 5.74) is 4.75. The number of anilines is 2. The Labute approximate surface area is 153 Å². The fourth-order valence-electron chi connectivity index (χ4n) is 3.05. The Bertz CT molecular complexity index is 743. The lowest BCUT2D eigenvalue weighted by molar-refractivity contribution is -0.128. The van der Waals surface area contributed by atoms with Crippen LogP contribution in [0.1, 0.15) is 30.2 Å². The van der Waals surface area contributed by atoms with E-state index in [4.69, 9.17) is 4.98 Å². The van der Waals surface area contributed by atoms with Gasteiger partial charge in [-0.3, -0.25) is 9.69 Å². The van der Waals surface area contributed by atoms with Gasteiger partial charge in [0.15, 0.2) is 5.13 Å². The van der Waals surface area contributed by atoms with Gasteiger partial charge in [0, 0.05) is 50.7 Å². The Morgan fingerprint density at radius 1 is 1.20 bits per heavy atom. The number of hydrogen-bond acceptors (Lipinski definition) is 5. The lowest BCUT2D eigenvalue weighted by Crippen LogP contribution is -2.33. The minimum Gasteiger partial charge on any atom is -0.342 e. The van der Waals surface area contributed by atoms with Crippen LogP contribution in [0.25, 0.3) is 0 Å². The average Bonchev–Trinajstić information content (AvgIpc) is 2.86. The molecule has 1 saturated heterocycles. The summed E-state index contributed by atoms with van der Waals surface area (Å²) in [4.78, 5) is 20.6. The first-order valence-electron chi connectivity index (χ1n) is 8.78. The van der Waals surface area contributed by atoms with Crippen LogP contribution in [-0.2, 0) is 11.3 Å². The molecule has 0 unspecified atom stereocenters. The summed E-state index contributed by atoms with van der Waals surface area (Å²) >= 11 is 1.64. The SMILES string of the molecule is CC(=O)N1CCCN(Cc2csc(Nc3ccc(C)c(C)c3)n2)CC1. The van der Waals surface area contributed by atoms with Crippen LogP contribution in [0.3, 0.4) is 0 Å². The second-order valence-corrected chi connectivity index (χ2v) is 7.56. The molecule has 0 saturated carbocycles. The van der Waals surface area contributed by atoms with Crippen LogP contribution in [0.5, 0.6) is 0 Å². The Balaban J connectivity index is 1.58. The van der Waals surface area contributed by atoms with Gasteiger partial charge in [-0.1, -0.05) is 6.07 Å². The number of aryl methyl sites for hydroxylation is 2. The van der Waals surface area contributed by atoms with Crippen molar-refractivity contribution in [1.29, 1.82) is 0 Å². The highest BCUT2D eigenvalue weighted by Gasteiger charge is 2.17. The number of hydrogen-bond donors (Lipinski definition) is 1. The lowest BCUT2D eigenvalue weighted by Gasteiger charge is -2.20. The number of nitrogens with one attached hydrogen (secondary N) is 1. The molecule has 0 atom stereocenters. The van der Waals surface area contributed by atoms with Crippen molar-refractivity contribution in [2.24, 2.45) is 0 Å². The summed E-state index contributed by atoms with van der Waals surface area (Å²) in [6.07, 6.45) is 1.03. The van der Waals surface area contributed by atoms with Crippen molar-refractivity contribution < 1.29 is 4.79 Å². The summed E-state index contributed by atoms with van der Waals surface area (Å²) in [5.74, 6) is 0.176. The van der Waals surface area contributed by atoms with Crippen molar-refractivity contribution in [1.82, 2.24) is 14.8 Å². The van der Waals surface area contributed by atoms with Gasteiger partial charge in [0.1, 0.15) is 0 Å². The standard InChI is InChI=1S/C19H26N4OS/c1-14-5-6-17(11-15(14)2)20-19-21-18(13-25-19)12-22-7-4-8-23(10-9-22)16(3)24/h5-6,11,13H,4,7-10,12H2,1-3H3,(H,20,21). The van der Waals surface area contributed by atoms with Gasteiger partial charge >= 0.3 is 0 Å². The fourth-order valence-corrected chi connectivity index (χ4v) is 3.77. The molecule has 0 spiro atoms. The van der Waals surface area contributed by atoms with Crippen LogP contribution >= 0.6 is 11.3 Å². The molecule has 25 heavy (non-hydrogen) atoms. The molecule has 1 aliphatic heterocycles. The molecular formula is C19H26N4OS. The second kappa shape index (κ2) is 7.97. The highest BCUT2D eigenvalue weighted by molar-refractivity contribution is 7.13. The number of carbonyl (C=O) groups is 1. The topological polar surface area (TPSA) is 48.5 Å². The molecule has 1 aromatic carbocycles. The number of amides is 1. The quantitative estimate of drug-likeness (QED) is 0.908. The Morgan fingerprint density at radius 2 is 2.04 bits per heavy atom. The number of nitrogens with zero attached hydrogens (tertiary/aromatic N) is 3. The molecule has 2 aromatic rings. The summed E-state index contributed by atoms with van der Waals surface area (Å²) < 4.78 is 0. The lowest BCUT2D eigenvalue weighted by atomic mass is 10.1. The largest absolute Gasteiger partial charge is 0.342 e. The van der Waals surface area contributed by atoms with E-state index in [1.165, 1.54) is 11.1 Å². The highest BCUT2D eigenvalue weighted by Crippen LogP contribution is 2.23. The zero-order chi connectivity index (χ0) is 17.8. The summed E-state index contributed by atoms with van der Waals surface area (Å²) in [7, 11) is 0. The van der Waals surface area contributed by atoms with Crippen molar-refractivity contribution in [3.8, 4) is 0 Å². The van der Waals surface area contributed by atoms with Gasteiger partial charge in [0.25, 0.3) is 0 Å². The molecule has 1 aromatic heterocycles. The van der Waals surface area contributed by atoms with E-state index in [9.17, 15) is 4.79 Å². The average molecular weight is 359 g/mol. The molecule has 1 aliphatic rings. The number of aromatic nitrogens is 1. The van der Waals surface area contributed by atoms with E-state index >= 15 is 0 Å². The summed E-state index contributed by atoms with van der Waals surface area (Å²) in [6.45, 7) is 10.3. The predicted octanol–water partition coefficient (Wildman–Crippen LogP) is 3.56. The van der Waals surface area contributed by atoms with E-state index in [1.807, 2.05) is 4.90 Å². The van der Waals surface area contributed by atoms with E-state index < -0.39 is 0 Å². The van der Waals surface area contributed by atoms with Crippen molar-refractivity contribution >= 4 is 28.1 Å². The van der Waals surface area contributed by atoms with Gasteiger partial charge in [0.2, 0.25) is 5.91 Å². The smallest absolute Gasteiger partial charge is 0.219 e. The van der Waals surface area contributed by atoms with Crippen molar-refractivity contribution in [3.05, 3.63) is 40.4 Å². The van der Waals surface area contributed by atoms with Crippen LogP contribution < -0.4 is 5.32 Å². The van der Waals surface area contributed by atoms with E-state index in [-0.39, 0.29) is 5.91 Å².